The van der Waals surface area contributed by atoms with E-state index in [2.05, 4.69) is 15.0 Å². The van der Waals surface area contributed by atoms with Crippen molar-refractivity contribution in [2.45, 2.75) is 6.18 Å². The van der Waals surface area contributed by atoms with Gasteiger partial charge < -0.3 is 10.5 Å². The molecule has 170 valence electrons. The minimum absolute atomic E-state index is 0.00739. The first-order valence-electron chi connectivity index (χ1n) is 9.42. The first kappa shape index (κ1) is 22.3. The van der Waals surface area contributed by atoms with E-state index in [0.717, 1.165) is 0 Å². The molecule has 0 unspecified atom stereocenters. The molecule has 0 fully saturated rings. The van der Waals surface area contributed by atoms with E-state index in [0.29, 0.717) is 27.8 Å². The number of fused-ring (bicyclic) bond motifs is 1. The number of alkyl halides is 3. The van der Waals surface area contributed by atoms with Gasteiger partial charge in [-0.2, -0.15) is 13.2 Å². The van der Waals surface area contributed by atoms with Gasteiger partial charge in [0.05, 0.1) is 16.9 Å². The summed E-state index contributed by atoms with van der Waals surface area (Å²) >= 11 is 0. The summed E-state index contributed by atoms with van der Waals surface area (Å²) in [5, 5.41) is 0.813. The van der Waals surface area contributed by atoms with E-state index in [4.69, 9.17) is 10.5 Å². The van der Waals surface area contributed by atoms with Gasteiger partial charge in [-0.3, -0.25) is 4.72 Å². The Morgan fingerprint density at radius 2 is 1.70 bits per heavy atom. The lowest BCUT2D eigenvalue weighted by Crippen LogP contribution is -2.27. The second-order valence-electron chi connectivity index (χ2n) is 6.89. The fourth-order valence-electron chi connectivity index (χ4n) is 3.16. The fraction of sp³-hybridized carbons (Fsp3) is 0.0952. The van der Waals surface area contributed by atoms with Gasteiger partial charge in [0.15, 0.2) is 5.75 Å². The molecule has 0 aliphatic carbocycles. The van der Waals surface area contributed by atoms with Crippen LogP contribution in [0.15, 0.2) is 67.0 Å². The van der Waals surface area contributed by atoms with Crippen molar-refractivity contribution < 1.29 is 26.3 Å². The van der Waals surface area contributed by atoms with Crippen molar-refractivity contribution in [1.82, 2.24) is 15.0 Å². The molecule has 0 saturated carbocycles. The van der Waals surface area contributed by atoms with Gasteiger partial charge in [-0.15, -0.1) is 0 Å². The molecule has 8 nitrogen and oxygen atoms in total. The van der Waals surface area contributed by atoms with Gasteiger partial charge in [0.2, 0.25) is 21.9 Å². The third kappa shape index (κ3) is 5.29. The van der Waals surface area contributed by atoms with Crippen LogP contribution in [-0.2, 0) is 10.0 Å². The van der Waals surface area contributed by atoms with Crippen LogP contribution in [0.4, 0.5) is 24.8 Å². The van der Waals surface area contributed by atoms with Gasteiger partial charge in [-0.1, -0.05) is 24.3 Å². The van der Waals surface area contributed by atoms with Crippen molar-refractivity contribution in [1.29, 1.82) is 0 Å². The van der Waals surface area contributed by atoms with Crippen LogP contribution in [0.3, 0.4) is 0 Å². The van der Waals surface area contributed by atoms with E-state index in [1.165, 1.54) is 24.5 Å². The molecule has 0 atom stereocenters. The van der Waals surface area contributed by atoms with Gasteiger partial charge >= 0.3 is 6.18 Å². The van der Waals surface area contributed by atoms with E-state index in [-0.39, 0.29) is 17.5 Å². The zero-order chi connectivity index (χ0) is 23.6. The molecule has 0 amide bonds. The van der Waals surface area contributed by atoms with Crippen LogP contribution in [0.25, 0.3) is 22.0 Å². The molecule has 12 heteroatoms. The number of hydrogen-bond donors (Lipinski definition) is 2. The summed E-state index contributed by atoms with van der Waals surface area (Å²) in [6.45, 7) is 0. The number of halogens is 3. The highest BCUT2D eigenvalue weighted by atomic mass is 32.2. The molecule has 0 spiro atoms. The summed E-state index contributed by atoms with van der Waals surface area (Å²) in [5.41, 5.74) is 6.67. The number of ether oxygens (including phenoxy) is 1. The molecule has 2 aromatic heterocycles. The average Bonchev–Trinajstić information content (AvgIpc) is 2.74. The van der Waals surface area contributed by atoms with E-state index >= 15 is 0 Å². The molecular formula is C21H16F3N5O3S. The maximum Gasteiger partial charge on any atom is 0.404 e. The zero-order valence-electron chi connectivity index (χ0n) is 16.7. The van der Waals surface area contributed by atoms with Crippen molar-refractivity contribution in [2.24, 2.45) is 0 Å². The van der Waals surface area contributed by atoms with Crippen LogP contribution in [0, 0.1) is 0 Å². The standard InChI is InChI=1S/C21H16F3N5O3S/c22-21(23,24)12-33(30,31)29-17-7-8-18(14-5-2-1-4-13(14)17)32-19-15(6-3-10-26-19)16-9-11-27-20(25)28-16/h1-11,29H,12H2,(H2,25,27,28). The molecule has 4 aromatic rings. The number of nitrogens with one attached hydrogen (secondary N) is 1. The van der Waals surface area contributed by atoms with Crippen LogP contribution in [-0.4, -0.2) is 35.3 Å². The summed E-state index contributed by atoms with van der Waals surface area (Å²) in [7, 11) is -4.66. The Hall–Kier alpha value is -3.93. The lowest BCUT2D eigenvalue weighted by Gasteiger charge is -2.15. The molecule has 0 radical (unpaired) electrons. The number of aromatic nitrogens is 3. The number of hydrogen-bond acceptors (Lipinski definition) is 7. The highest BCUT2D eigenvalue weighted by Crippen LogP contribution is 2.37. The maximum atomic E-state index is 12.6. The van der Waals surface area contributed by atoms with Crippen LogP contribution >= 0.6 is 0 Å². The van der Waals surface area contributed by atoms with Crippen molar-refractivity contribution >= 4 is 32.4 Å². The summed E-state index contributed by atoms with van der Waals surface area (Å²) < 4.78 is 69.8. The first-order chi connectivity index (χ1) is 15.6. The van der Waals surface area contributed by atoms with E-state index < -0.39 is 22.0 Å². The number of nitrogens with two attached hydrogens (primary N) is 1. The Balaban J connectivity index is 1.73. The van der Waals surface area contributed by atoms with E-state index in [1.807, 2.05) is 4.72 Å². The molecule has 4 rings (SSSR count). The van der Waals surface area contributed by atoms with Gasteiger partial charge in [-0.05, 0) is 30.3 Å². The van der Waals surface area contributed by atoms with Crippen LogP contribution < -0.4 is 15.2 Å². The molecule has 3 N–H and O–H groups in total. The maximum absolute atomic E-state index is 12.6. The molecule has 2 aromatic carbocycles. The average molecular weight is 475 g/mol. The molecule has 0 saturated heterocycles. The number of benzene rings is 2. The fourth-order valence-corrected chi connectivity index (χ4v) is 4.18. The Labute approximate surface area is 186 Å². The van der Waals surface area contributed by atoms with Crippen LogP contribution in [0.1, 0.15) is 0 Å². The second kappa shape index (κ2) is 8.54. The number of pyridine rings is 1. The number of anilines is 2. The Bertz CT molecular complexity index is 1430. The number of rotatable bonds is 6. The number of nitrogen functional groups attached to an aromatic ring is 1. The van der Waals surface area contributed by atoms with Gasteiger partial charge in [0.1, 0.15) is 5.75 Å². The number of nitrogens with zero attached hydrogens (tertiary/aromatic N) is 3. The minimum atomic E-state index is -4.87. The normalized spacial score (nSPS) is 12.0. The van der Waals surface area contributed by atoms with Gasteiger partial charge in [0, 0.05) is 23.2 Å². The second-order valence-corrected chi connectivity index (χ2v) is 8.61. The predicted octanol–water partition coefficient (Wildman–Crippen LogP) is 4.37. The molecular weight excluding hydrogens is 459 g/mol. The molecule has 0 aliphatic heterocycles. The Morgan fingerprint density at radius 1 is 0.939 bits per heavy atom. The monoisotopic (exact) mass is 475 g/mol. The molecule has 2 heterocycles. The number of sulfonamides is 1. The molecule has 0 aliphatic rings. The highest BCUT2D eigenvalue weighted by molar-refractivity contribution is 7.92. The lowest BCUT2D eigenvalue weighted by molar-refractivity contribution is -0.106. The molecule has 0 bridgehead atoms. The SMILES string of the molecule is Nc1nccc(-c2cccnc2Oc2ccc(NS(=O)(=O)CC(F)(F)F)c3ccccc23)n1. The van der Waals surface area contributed by atoms with E-state index in [9.17, 15) is 21.6 Å². The quantitative estimate of drug-likeness (QED) is 0.425. The van der Waals surface area contributed by atoms with Crippen LogP contribution in [0.2, 0.25) is 0 Å². The van der Waals surface area contributed by atoms with Gasteiger partial charge in [-0.25, -0.2) is 23.4 Å². The third-order valence-corrected chi connectivity index (χ3v) is 5.67. The summed E-state index contributed by atoms with van der Waals surface area (Å²) in [6.07, 6.45) is -1.86. The van der Waals surface area contributed by atoms with Crippen molar-refractivity contribution in [3.8, 4) is 22.9 Å². The Morgan fingerprint density at radius 3 is 2.42 bits per heavy atom. The highest BCUT2D eigenvalue weighted by Gasteiger charge is 2.35. The molecule has 33 heavy (non-hydrogen) atoms. The van der Waals surface area contributed by atoms with Crippen molar-refractivity contribution in [3.05, 3.63) is 67.0 Å². The minimum Gasteiger partial charge on any atom is -0.438 e. The summed E-state index contributed by atoms with van der Waals surface area (Å²) in [5.74, 6) is -1.41. The van der Waals surface area contributed by atoms with Gasteiger partial charge in [0.25, 0.3) is 0 Å². The predicted molar refractivity (Wildman–Crippen MR) is 117 cm³/mol. The topological polar surface area (TPSA) is 120 Å². The van der Waals surface area contributed by atoms with Crippen molar-refractivity contribution in [2.75, 3.05) is 16.2 Å². The van der Waals surface area contributed by atoms with Crippen molar-refractivity contribution in [3.63, 3.8) is 0 Å². The largest absolute Gasteiger partial charge is 0.438 e. The summed E-state index contributed by atoms with van der Waals surface area (Å²) in [6, 6.07) is 14.4. The van der Waals surface area contributed by atoms with Crippen LogP contribution in [0.5, 0.6) is 11.6 Å². The lowest BCUT2D eigenvalue weighted by atomic mass is 10.1. The Kier molecular flexibility index (Phi) is 5.77. The summed E-state index contributed by atoms with van der Waals surface area (Å²) in [4.78, 5) is 12.3. The first-order valence-corrected chi connectivity index (χ1v) is 11.1. The third-order valence-electron chi connectivity index (χ3n) is 4.43. The smallest absolute Gasteiger partial charge is 0.404 e. The van der Waals surface area contributed by atoms with E-state index in [1.54, 1.807) is 42.5 Å². The zero-order valence-corrected chi connectivity index (χ0v) is 17.6.